The third-order valence-electron chi connectivity index (χ3n) is 2.73. The Balaban J connectivity index is 3.15. The first-order valence-corrected chi connectivity index (χ1v) is 6.59. The zero-order valence-electron chi connectivity index (χ0n) is 10.8. The van der Waals surface area contributed by atoms with Crippen LogP contribution in [0.25, 0.3) is 0 Å². The van der Waals surface area contributed by atoms with E-state index in [0.717, 1.165) is 12.8 Å². The Kier molecular flexibility index (Phi) is 10.5. The highest BCUT2D eigenvalue weighted by atomic mass is 16.3. The van der Waals surface area contributed by atoms with Crippen LogP contribution >= 0.6 is 0 Å². The van der Waals surface area contributed by atoms with Gasteiger partial charge in [0.2, 0.25) is 5.91 Å². The van der Waals surface area contributed by atoms with Crippen LogP contribution in [0, 0.1) is 0 Å². The lowest BCUT2D eigenvalue weighted by Crippen LogP contribution is -2.30. The van der Waals surface area contributed by atoms with E-state index >= 15 is 0 Å². The number of aliphatic hydroxyl groups is 1. The van der Waals surface area contributed by atoms with Crippen LogP contribution < -0.4 is 5.32 Å². The van der Waals surface area contributed by atoms with Gasteiger partial charge in [-0.25, -0.2) is 0 Å². The number of amides is 1. The largest absolute Gasteiger partial charge is 0.391 e. The van der Waals surface area contributed by atoms with E-state index in [2.05, 4.69) is 12.2 Å². The van der Waals surface area contributed by atoms with E-state index in [1.165, 1.54) is 45.4 Å². The minimum Gasteiger partial charge on any atom is -0.391 e. The Morgan fingerprint density at radius 1 is 1.12 bits per heavy atom. The van der Waals surface area contributed by atoms with Gasteiger partial charge in [-0.2, -0.15) is 0 Å². The first kappa shape index (κ1) is 15.4. The van der Waals surface area contributed by atoms with Gasteiger partial charge in [-0.3, -0.25) is 4.79 Å². The van der Waals surface area contributed by atoms with Gasteiger partial charge < -0.3 is 10.4 Å². The summed E-state index contributed by atoms with van der Waals surface area (Å²) >= 11 is 0. The van der Waals surface area contributed by atoms with Crippen LogP contribution in [0.1, 0.15) is 65.2 Å². The number of nitrogens with one attached hydrogen (secondary N) is 1. The van der Waals surface area contributed by atoms with Crippen LogP contribution in [-0.4, -0.2) is 23.7 Å². The van der Waals surface area contributed by atoms with Gasteiger partial charge in [0.25, 0.3) is 0 Å². The van der Waals surface area contributed by atoms with Gasteiger partial charge in [0.1, 0.15) is 0 Å². The number of unbranched alkanes of at least 4 members (excludes halogenated alkanes) is 6. The Labute approximate surface area is 99.6 Å². The Bertz CT molecular complexity index is 171. The van der Waals surface area contributed by atoms with Crippen molar-refractivity contribution in [3.8, 4) is 0 Å². The van der Waals surface area contributed by atoms with Gasteiger partial charge in [-0.15, -0.1) is 0 Å². The van der Waals surface area contributed by atoms with Crippen LogP contribution in [0.15, 0.2) is 0 Å². The van der Waals surface area contributed by atoms with Crippen LogP contribution in [0.2, 0.25) is 0 Å². The fraction of sp³-hybridized carbons (Fsp3) is 0.923. The van der Waals surface area contributed by atoms with Crippen molar-refractivity contribution < 1.29 is 9.90 Å². The van der Waals surface area contributed by atoms with Crippen LogP contribution in [-0.2, 0) is 4.79 Å². The molecule has 1 amide bonds. The lowest BCUT2D eigenvalue weighted by Gasteiger charge is -2.10. The van der Waals surface area contributed by atoms with Crippen molar-refractivity contribution in [3.63, 3.8) is 0 Å². The summed E-state index contributed by atoms with van der Waals surface area (Å²) in [6.45, 7) is 4.09. The fourth-order valence-corrected chi connectivity index (χ4v) is 1.70. The molecule has 0 heterocycles. The van der Waals surface area contributed by atoms with E-state index in [1.54, 1.807) is 0 Å². The molecule has 0 fully saturated rings. The number of aliphatic hydroxyl groups excluding tert-OH is 1. The minimum absolute atomic E-state index is 0.0707. The maximum Gasteiger partial charge on any atom is 0.216 e. The number of hydrogen-bond acceptors (Lipinski definition) is 2. The first-order chi connectivity index (χ1) is 7.66. The van der Waals surface area contributed by atoms with Crippen molar-refractivity contribution in [2.45, 2.75) is 71.3 Å². The molecular formula is C13H27NO2. The predicted molar refractivity (Wildman–Crippen MR) is 67.3 cm³/mol. The van der Waals surface area contributed by atoms with E-state index in [1.807, 2.05) is 0 Å². The molecule has 16 heavy (non-hydrogen) atoms. The van der Waals surface area contributed by atoms with Crippen molar-refractivity contribution >= 4 is 5.91 Å². The molecule has 0 saturated heterocycles. The van der Waals surface area contributed by atoms with Gasteiger partial charge in [-0.05, 0) is 6.42 Å². The van der Waals surface area contributed by atoms with Gasteiger partial charge in [-0.1, -0.05) is 51.9 Å². The highest BCUT2D eigenvalue weighted by Crippen LogP contribution is 2.09. The average Bonchev–Trinajstić information content (AvgIpc) is 2.25. The van der Waals surface area contributed by atoms with Crippen LogP contribution in [0.3, 0.4) is 0 Å². The molecule has 0 aliphatic rings. The van der Waals surface area contributed by atoms with E-state index < -0.39 is 0 Å². The monoisotopic (exact) mass is 229 g/mol. The van der Waals surface area contributed by atoms with Crippen LogP contribution in [0.4, 0.5) is 0 Å². The molecule has 0 spiro atoms. The molecule has 1 atom stereocenters. The fourth-order valence-electron chi connectivity index (χ4n) is 1.70. The number of carbonyl (C=O) groups excluding carboxylic acids is 1. The molecule has 2 N–H and O–H groups in total. The van der Waals surface area contributed by atoms with Gasteiger partial charge >= 0.3 is 0 Å². The Morgan fingerprint density at radius 3 is 2.25 bits per heavy atom. The summed E-state index contributed by atoms with van der Waals surface area (Å²) in [7, 11) is 0. The minimum atomic E-state index is -0.375. The lowest BCUT2D eigenvalue weighted by atomic mass is 10.1. The summed E-state index contributed by atoms with van der Waals surface area (Å²) in [5.74, 6) is -0.0707. The summed E-state index contributed by atoms with van der Waals surface area (Å²) in [6, 6.07) is 0. The quantitative estimate of drug-likeness (QED) is 0.566. The second kappa shape index (κ2) is 10.9. The molecule has 0 aliphatic heterocycles. The molecule has 96 valence electrons. The molecule has 0 rings (SSSR count). The van der Waals surface area contributed by atoms with E-state index in [9.17, 15) is 9.90 Å². The predicted octanol–water partition coefficient (Wildman–Crippen LogP) is 2.62. The highest BCUT2D eigenvalue weighted by Gasteiger charge is 2.03. The SMILES string of the molecule is CCCCCCCCC[C@@H](O)CNC(C)=O. The summed E-state index contributed by atoms with van der Waals surface area (Å²) in [4.78, 5) is 10.6. The molecule has 0 bridgehead atoms. The van der Waals surface area contributed by atoms with E-state index in [4.69, 9.17) is 0 Å². The molecule has 0 aromatic rings. The summed E-state index contributed by atoms with van der Waals surface area (Å²) in [5, 5.41) is 12.1. The third-order valence-corrected chi connectivity index (χ3v) is 2.73. The molecule has 0 aromatic heterocycles. The molecule has 0 aliphatic carbocycles. The second-order valence-corrected chi connectivity index (χ2v) is 4.50. The number of carbonyl (C=O) groups is 1. The maximum absolute atomic E-state index is 10.6. The van der Waals surface area contributed by atoms with Crippen molar-refractivity contribution in [1.82, 2.24) is 5.32 Å². The lowest BCUT2D eigenvalue weighted by molar-refractivity contribution is -0.119. The molecule has 0 saturated carbocycles. The van der Waals surface area contributed by atoms with Crippen molar-refractivity contribution in [2.24, 2.45) is 0 Å². The maximum atomic E-state index is 10.6. The topological polar surface area (TPSA) is 49.3 Å². The van der Waals surface area contributed by atoms with E-state index in [0.29, 0.717) is 6.54 Å². The van der Waals surface area contributed by atoms with Gasteiger partial charge in [0, 0.05) is 13.5 Å². The second-order valence-electron chi connectivity index (χ2n) is 4.50. The van der Waals surface area contributed by atoms with Crippen LogP contribution in [0.5, 0.6) is 0 Å². The summed E-state index contributed by atoms with van der Waals surface area (Å²) in [5.41, 5.74) is 0. The van der Waals surface area contributed by atoms with Gasteiger partial charge in [0.05, 0.1) is 6.10 Å². The summed E-state index contributed by atoms with van der Waals surface area (Å²) in [6.07, 6.45) is 9.23. The Morgan fingerprint density at radius 2 is 1.69 bits per heavy atom. The van der Waals surface area contributed by atoms with Gasteiger partial charge in [0.15, 0.2) is 0 Å². The molecule has 0 unspecified atom stereocenters. The average molecular weight is 229 g/mol. The zero-order valence-corrected chi connectivity index (χ0v) is 10.8. The smallest absolute Gasteiger partial charge is 0.216 e. The molecule has 3 nitrogen and oxygen atoms in total. The van der Waals surface area contributed by atoms with Crippen molar-refractivity contribution in [1.29, 1.82) is 0 Å². The number of hydrogen-bond donors (Lipinski definition) is 2. The highest BCUT2D eigenvalue weighted by molar-refractivity contribution is 5.72. The zero-order chi connectivity index (χ0) is 12.2. The molecule has 3 heteroatoms. The molecule has 0 aromatic carbocycles. The Hall–Kier alpha value is -0.570. The normalized spacial score (nSPS) is 12.4. The van der Waals surface area contributed by atoms with Crippen molar-refractivity contribution in [3.05, 3.63) is 0 Å². The number of rotatable bonds is 10. The molecule has 0 radical (unpaired) electrons. The van der Waals surface area contributed by atoms with Crippen molar-refractivity contribution in [2.75, 3.05) is 6.54 Å². The third kappa shape index (κ3) is 11.5. The first-order valence-electron chi connectivity index (χ1n) is 6.59. The standard InChI is InChI=1S/C13H27NO2/c1-3-4-5-6-7-8-9-10-13(16)11-14-12(2)15/h13,16H,3-11H2,1-2H3,(H,14,15)/t13-/m1/s1. The van der Waals surface area contributed by atoms with E-state index in [-0.39, 0.29) is 12.0 Å². The molecular weight excluding hydrogens is 202 g/mol. The summed E-state index contributed by atoms with van der Waals surface area (Å²) < 4.78 is 0.